The summed E-state index contributed by atoms with van der Waals surface area (Å²) < 4.78 is 62.3. The lowest BCUT2D eigenvalue weighted by Gasteiger charge is -2.17. The Hall–Kier alpha value is -2.06. The summed E-state index contributed by atoms with van der Waals surface area (Å²) in [7, 11) is 0. The summed E-state index contributed by atoms with van der Waals surface area (Å²) in [6, 6.07) is 1.26. The molecule has 1 aromatic carbocycles. The third-order valence-electron chi connectivity index (χ3n) is 2.20. The number of nitrogens with one attached hydrogen (secondary N) is 1. The molecule has 0 radical (unpaired) electrons. The molecule has 0 aromatic heterocycles. The number of carboxylic acids is 1. The van der Waals surface area contributed by atoms with Gasteiger partial charge in [0.25, 0.3) is 0 Å². The molecule has 19 heavy (non-hydrogen) atoms. The first-order valence-corrected chi connectivity index (χ1v) is 4.87. The van der Waals surface area contributed by atoms with Gasteiger partial charge < -0.3 is 16.2 Å². The minimum Gasteiger partial charge on any atom is -0.478 e. The monoisotopic (exact) mass is 284 g/mol. The molecule has 4 N–H and O–H groups in total. The number of nitrogens with two attached hydrogens (primary N) is 1. The molecule has 1 rings (SSSR count). The summed E-state index contributed by atoms with van der Waals surface area (Å²) in [6.07, 6.45) is -3.88. The first-order chi connectivity index (χ1) is 8.65. The number of carbonyl (C=O) groups is 1. The largest absolute Gasteiger partial charge is 0.478 e. The van der Waals surface area contributed by atoms with E-state index >= 15 is 0 Å². The SMILES string of the molecule is Nc1cc(C(=O)O)c(F)cc1NCC(F)(F)C(F)F. The van der Waals surface area contributed by atoms with Gasteiger partial charge in [-0.2, -0.15) is 8.78 Å². The molecule has 0 spiro atoms. The Labute approximate surface area is 104 Å². The van der Waals surface area contributed by atoms with Gasteiger partial charge in [-0.25, -0.2) is 18.0 Å². The molecule has 0 amide bonds. The number of halogens is 5. The second-order valence-corrected chi connectivity index (χ2v) is 3.64. The van der Waals surface area contributed by atoms with E-state index in [1.165, 1.54) is 0 Å². The highest BCUT2D eigenvalue weighted by molar-refractivity contribution is 5.90. The van der Waals surface area contributed by atoms with Gasteiger partial charge in [-0.05, 0) is 12.1 Å². The Morgan fingerprint density at radius 3 is 2.47 bits per heavy atom. The van der Waals surface area contributed by atoms with Crippen molar-refractivity contribution in [3.05, 3.63) is 23.5 Å². The number of aromatic carboxylic acids is 1. The van der Waals surface area contributed by atoms with E-state index in [4.69, 9.17) is 10.8 Å². The predicted octanol–water partition coefficient (Wildman–Crippen LogP) is 2.42. The average Bonchev–Trinajstić information content (AvgIpc) is 2.29. The quantitative estimate of drug-likeness (QED) is 0.573. The highest BCUT2D eigenvalue weighted by atomic mass is 19.3. The topological polar surface area (TPSA) is 75.4 Å². The van der Waals surface area contributed by atoms with Crippen LogP contribution in [0.5, 0.6) is 0 Å². The van der Waals surface area contributed by atoms with E-state index in [0.29, 0.717) is 12.1 Å². The summed E-state index contributed by atoms with van der Waals surface area (Å²) in [5, 5.41) is 10.4. The van der Waals surface area contributed by atoms with Gasteiger partial charge in [0.15, 0.2) is 0 Å². The molecule has 0 bridgehead atoms. The molecule has 0 heterocycles. The number of rotatable bonds is 5. The zero-order valence-corrected chi connectivity index (χ0v) is 9.26. The van der Waals surface area contributed by atoms with Crippen molar-refractivity contribution in [1.82, 2.24) is 0 Å². The predicted molar refractivity (Wildman–Crippen MR) is 57.2 cm³/mol. The van der Waals surface area contributed by atoms with Gasteiger partial charge in [0.1, 0.15) is 5.82 Å². The second kappa shape index (κ2) is 5.29. The number of nitrogen functional groups attached to an aromatic ring is 1. The standard InChI is InChI=1S/C10H9F5N2O2/c11-5-2-7(6(16)1-4(5)8(18)19)17-3-10(14,15)9(12)13/h1-2,9,17H,3,16H2,(H,18,19). The lowest BCUT2D eigenvalue weighted by molar-refractivity contribution is -0.117. The maximum Gasteiger partial charge on any atom is 0.338 e. The number of carboxylic acid groups (broad SMARTS) is 1. The van der Waals surface area contributed by atoms with Crippen LogP contribution in [0.2, 0.25) is 0 Å². The number of anilines is 2. The molecular weight excluding hydrogens is 275 g/mol. The van der Waals surface area contributed by atoms with Crippen molar-refractivity contribution in [2.75, 3.05) is 17.6 Å². The summed E-state index contributed by atoms with van der Waals surface area (Å²) in [5.41, 5.74) is 3.83. The number of hydrogen-bond acceptors (Lipinski definition) is 3. The molecular formula is C10H9F5N2O2. The molecule has 9 heteroatoms. The van der Waals surface area contributed by atoms with Crippen LogP contribution in [-0.4, -0.2) is 30.0 Å². The van der Waals surface area contributed by atoms with E-state index in [0.717, 1.165) is 0 Å². The van der Waals surface area contributed by atoms with Crippen molar-refractivity contribution in [2.24, 2.45) is 0 Å². The van der Waals surface area contributed by atoms with Crippen LogP contribution in [0.25, 0.3) is 0 Å². The lowest BCUT2D eigenvalue weighted by atomic mass is 10.1. The Balaban J connectivity index is 2.92. The fourth-order valence-electron chi connectivity index (χ4n) is 1.20. The van der Waals surface area contributed by atoms with Crippen LogP contribution in [0.3, 0.4) is 0 Å². The fraction of sp³-hybridized carbons (Fsp3) is 0.300. The number of hydrogen-bond donors (Lipinski definition) is 3. The third kappa shape index (κ3) is 3.46. The van der Waals surface area contributed by atoms with Crippen molar-refractivity contribution in [2.45, 2.75) is 12.3 Å². The van der Waals surface area contributed by atoms with Crippen LogP contribution in [0.1, 0.15) is 10.4 Å². The van der Waals surface area contributed by atoms with Crippen LogP contribution in [0.15, 0.2) is 12.1 Å². The molecule has 106 valence electrons. The van der Waals surface area contributed by atoms with Gasteiger partial charge in [0.05, 0.1) is 23.5 Å². The normalized spacial score (nSPS) is 11.7. The van der Waals surface area contributed by atoms with Gasteiger partial charge >= 0.3 is 18.3 Å². The van der Waals surface area contributed by atoms with Crippen LogP contribution in [-0.2, 0) is 0 Å². The molecule has 0 aliphatic rings. The molecule has 0 saturated heterocycles. The van der Waals surface area contributed by atoms with E-state index in [2.05, 4.69) is 0 Å². The van der Waals surface area contributed by atoms with E-state index < -0.39 is 36.2 Å². The Morgan fingerprint density at radius 1 is 1.42 bits per heavy atom. The van der Waals surface area contributed by atoms with Crippen LogP contribution in [0.4, 0.5) is 33.3 Å². The molecule has 0 atom stereocenters. The van der Waals surface area contributed by atoms with Gasteiger partial charge in [-0.15, -0.1) is 0 Å². The first kappa shape index (κ1) is 15.0. The van der Waals surface area contributed by atoms with Gasteiger partial charge in [-0.3, -0.25) is 0 Å². The fourth-order valence-corrected chi connectivity index (χ4v) is 1.20. The van der Waals surface area contributed by atoms with Crippen molar-refractivity contribution in [3.8, 4) is 0 Å². The molecule has 0 saturated carbocycles. The van der Waals surface area contributed by atoms with Gasteiger partial charge in [0.2, 0.25) is 0 Å². The van der Waals surface area contributed by atoms with Crippen LogP contribution in [0, 0.1) is 5.82 Å². The third-order valence-corrected chi connectivity index (χ3v) is 2.20. The molecule has 4 nitrogen and oxygen atoms in total. The lowest BCUT2D eigenvalue weighted by Crippen LogP contribution is -2.35. The summed E-state index contributed by atoms with van der Waals surface area (Å²) in [5.74, 6) is -7.12. The Morgan fingerprint density at radius 2 is 2.00 bits per heavy atom. The summed E-state index contributed by atoms with van der Waals surface area (Å²) in [6.45, 7) is -1.46. The molecule has 0 aliphatic carbocycles. The van der Waals surface area contributed by atoms with Gasteiger partial charge in [0, 0.05) is 0 Å². The minimum atomic E-state index is -4.31. The summed E-state index contributed by atoms with van der Waals surface area (Å²) in [4.78, 5) is 10.6. The smallest absolute Gasteiger partial charge is 0.338 e. The van der Waals surface area contributed by atoms with Crippen molar-refractivity contribution < 1.29 is 31.9 Å². The molecule has 1 aromatic rings. The zero-order chi connectivity index (χ0) is 14.8. The highest BCUT2D eigenvalue weighted by Gasteiger charge is 2.40. The molecule has 0 aliphatic heterocycles. The Bertz CT molecular complexity index is 493. The minimum absolute atomic E-state index is 0.344. The first-order valence-electron chi connectivity index (χ1n) is 4.87. The molecule has 0 unspecified atom stereocenters. The second-order valence-electron chi connectivity index (χ2n) is 3.64. The molecule has 0 fully saturated rings. The van der Waals surface area contributed by atoms with E-state index in [1.54, 1.807) is 0 Å². The van der Waals surface area contributed by atoms with Crippen molar-refractivity contribution in [1.29, 1.82) is 0 Å². The van der Waals surface area contributed by atoms with Crippen molar-refractivity contribution >= 4 is 17.3 Å². The highest BCUT2D eigenvalue weighted by Crippen LogP contribution is 2.27. The zero-order valence-electron chi connectivity index (χ0n) is 9.26. The van der Waals surface area contributed by atoms with E-state index in [9.17, 15) is 26.7 Å². The number of benzene rings is 1. The average molecular weight is 284 g/mol. The van der Waals surface area contributed by atoms with Crippen LogP contribution < -0.4 is 11.1 Å². The van der Waals surface area contributed by atoms with E-state index in [-0.39, 0.29) is 11.4 Å². The summed E-state index contributed by atoms with van der Waals surface area (Å²) >= 11 is 0. The maximum atomic E-state index is 13.2. The maximum absolute atomic E-state index is 13.2. The van der Waals surface area contributed by atoms with Crippen LogP contribution >= 0.6 is 0 Å². The van der Waals surface area contributed by atoms with Gasteiger partial charge in [-0.1, -0.05) is 0 Å². The van der Waals surface area contributed by atoms with E-state index in [1.807, 2.05) is 5.32 Å². The Kier molecular flexibility index (Phi) is 4.17. The van der Waals surface area contributed by atoms with Crippen molar-refractivity contribution in [3.63, 3.8) is 0 Å². The number of alkyl halides is 4.